The van der Waals surface area contributed by atoms with Gasteiger partial charge in [0.15, 0.2) is 17.0 Å². The number of sulfonamides is 1. The van der Waals surface area contributed by atoms with E-state index in [1.165, 1.54) is 24.5 Å². The first-order valence-electron chi connectivity index (χ1n) is 19.0. The van der Waals surface area contributed by atoms with Crippen molar-refractivity contribution >= 4 is 56.6 Å². The molecular weight excluding hydrogens is 783 g/mol. The van der Waals surface area contributed by atoms with E-state index >= 15 is 0 Å². The molecule has 0 radical (unpaired) electrons. The zero-order chi connectivity index (χ0) is 41.4. The molecule has 0 spiro atoms. The topological polar surface area (TPSA) is 270 Å². The monoisotopic (exact) mass is 825 g/mol. The van der Waals surface area contributed by atoms with Gasteiger partial charge in [0.1, 0.15) is 18.2 Å². The molecule has 2 saturated heterocycles. The van der Waals surface area contributed by atoms with Crippen LogP contribution in [0.1, 0.15) is 35.9 Å². The molecule has 5 amide bonds. The van der Waals surface area contributed by atoms with Crippen LogP contribution in [0.4, 0.5) is 27.0 Å². The Morgan fingerprint density at radius 3 is 2.31 bits per heavy atom. The largest absolute Gasteiger partial charge is 0.394 e. The quantitative estimate of drug-likeness (QED) is 0.0820. The first kappa shape index (κ1) is 39.6. The van der Waals surface area contributed by atoms with Crippen LogP contribution in [0.25, 0.3) is 11.2 Å². The van der Waals surface area contributed by atoms with Crippen LogP contribution in [0.3, 0.4) is 0 Å². The molecule has 19 nitrogen and oxygen atoms in total. The lowest BCUT2D eigenvalue weighted by Gasteiger charge is -2.24. The molecule has 59 heavy (non-hydrogen) atoms. The Hall–Kier alpha value is -6.19. The molecule has 1 saturated carbocycles. The second kappa shape index (κ2) is 16.2. The van der Waals surface area contributed by atoms with Gasteiger partial charge in [0.25, 0.3) is 5.91 Å². The van der Waals surface area contributed by atoms with Crippen molar-refractivity contribution in [1.29, 1.82) is 0 Å². The summed E-state index contributed by atoms with van der Waals surface area (Å²) in [5.41, 5.74) is 3.09. The van der Waals surface area contributed by atoms with Crippen molar-refractivity contribution in [2.24, 2.45) is 5.14 Å². The SMILES string of the molecule is NS(=O)(=O)c1cccc(NC(=O)NC2CCN(c3nc(NCC(c4ccccc4)c4ccccc4)c4ncn([C@@H]5C[C@H](N6C(=O)NC(CO)C6=O)[C@@H](O)[C@H]5O)c4n3)C2)c1. The molecule has 8 rings (SSSR count). The molecule has 5 aromatic rings. The number of nitrogens with two attached hydrogens (primary N) is 1. The number of aromatic nitrogens is 4. The van der Waals surface area contributed by atoms with Gasteiger partial charge in [-0.15, -0.1) is 0 Å². The first-order valence-corrected chi connectivity index (χ1v) is 20.6. The molecule has 3 fully saturated rings. The average Bonchev–Trinajstić information content (AvgIpc) is 4.00. The molecule has 3 aromatic carbocycles. The van der Waals surface area contributed by atoms with Crippen LogP contribution < -0.4 is 31.3 Å². The number of amides is 5. The van der Waals surface area contributed by atoms with Crippen LogP contribution in [0, 0.1) is 0 Å². The number of nitrogens with zero attached hydrogens (tertiary/aromatic N) is 6. The van der Waals surface area contributed by atoms with Gasteiger partial charge < -0.3 is 46.1 Å². The highest BCUT2D eigenvalue weighted by Gasteiger charge is 2.52. The van der Waals surface area contributed by atoms with Gasteiger partial charge in [0, 0.05) is 37.3 Å². The first-order chi connectivity index (χ1) is 28.4. The Morgan fingerprint density at radius 1 is 0.949 bits per heavy atom. The summed E-state index contributed by atoms with van der Waals surface area (Å²) in [5, 5.41) is 48.9. The van der Waals surface area contributed by atoms with Crippen LogP contribution in [0.5, 0.6) is 0 Å². The van der Waals surface area contributed by atoms with Crippen molar-refractivity contribution in [2.45, 2.75) is 60.0 Å². The normalized spacial score (nSPS) is 23.3. The second-order valence-corrected chi connectivity index (χ2v) is 16.4. The number of imidazole rings is 1. The van der Waals surface area contributed by atoms with Crippen molar-refractivity contribution in [1.82, 2.24) is 35.1 Å². The molecule has 9 N–H and O–H groups in total. The summed E-state index contributed by atoms with van der Waals surface area (Å²) >= 11 is 0. The number of hydrogen-bond acceptors (Lipinski definition) is 13. The van der Waals surface area contributed by atoms with Crippen LogP contribution >= 0.6 is 0 Å². The van der Waals surface area contributed by atoms with Crippen molar-refractivity contribution < 1.29 is 38.1 Å². The number of carbonyl (C=O) groups is 3. The standard InChI is InChI=1S/C39H43N11O8S/c40-59(57,58)26-13-7-12-24(16-26)43-38(55)44-25-14-15-48(19-25)37-46-34(41-18-27(22-8-3-1-4-9-22)23-10-5-2-6-11-23)31-35(47-37)49(21-42-31)29-17-30(33(53)32(29)52)50-36(54)28(20-51)45-39(50)56/h1-13,16,21,25,27-30,32-33,51-53H,14-15,17-20H2,(H,45,56)(H2,40,57,58)(H,41,46,47)(H2,43,44,55)/t25?,28?,29-,30+,32+,33-/m1/s1. The lowest BCUT2D eigenvalue weighted by atomic mass is 9.91. The molecule has 0 bridgehead atoms. The van der Waals surface area contributed by atoms with E-state index in [9.17, 15) is 38.1 Å². The summed E-state index contributed by atoms with van der Waals surface area (Å²) in [6.45, 7) is 0.562. The Labute approximate surface area is 338 Å². The summed E-state index contributed by atoms with van der Waals surface area (Å²) in [6.07, 6.45) is -0.947. The van der Waals surface area contributed by atoms with Crippen LogP contribution in [-0.4, -0.2) is 123 Å². The van der Waals surface area contributed by atoms with Gasteiger partial charge in [-0.2, -0.15) is 9.97 Å². The fraction of sp³-hybridized carbons (Fsp3) is 0.333. The summed E-state index contributed by atoms with van der Waals surface area (Å²) < 4.78 is 25.2. The van der Waals surface area contributed by atoms with Gasteiger partial charge in [-0.1, -0.05) is 66.7 Å². The fourth-order valence-electron chi connectivity index (χ4n) is 8.08. The summed E-state index contributed by atoms with van der Waals surface area (Å²) in [5.74, 6) is -0.0889. The smallest absolute Gasteiger partial charge is 0.325 e. The Morgan fingerprint density at radius 2 is 1.64 bits per heavy atom. The van der Waals surface area contributed by atoms with Crippen molar-refractivity contribution in [2.75, 3.05) is 41.8 Å². The van der Waals surface area contributed by atoms with E-state index in [4.69, 9.17) is 15.1 Å². The highest BCUT2D eigenvalue weighted by Crippen LogP contribution is 2.38. The minimum Gasteiger partial charge on any atom is -0.394 e. The van der Waals surface area contributed by atoms with Gasteiger partial charge in [-0.05, 0) is 42.2 Å². The second-order valence-electron chi connectivity index (χ2n) is 14.8. The number of aliphatic hydroxyl groups excluding tert-OH is 3. The van der Waals surface area contributed by atoms with Crippen molar-refractivity contribution in [3.05, 3.63) is 102 Å². The number of imide groups is 1. The Bertz CT molecular complexity index is 2440. The lowest BCUT2D eigenvalue weighted by Crippen LogP contribution is -2.47. The number of primary sulfonamides is 1. The van der Waals surface area contributed by atoms with Gasteiger partial charge in [0.05, 0.1) is 29.9 Å². The number of carbonyl (C=O) groups excluding carboxylic acids is 3. The van der Waals surface area contributed by atoms with E-state index in [1.807, 2.05) is 41.3 Å². The maximum absolute atomic E-state index is 13.0. The third kappa shape index (κ3) is 7.99. The third-order valence-corrected chi connectivity index (χ3v) is 12.0. The molecule has 6 atom stereocenters. The Kier molecular flexibility index (Phi) is 10.9. The molecule has 2 aliphatic heterocycles. The maximum atomic E-state index is 13.0. The third-order valence-electron chi connectivity index (χ3n) is 11.1. The molecule has 20 heteroatoms. The highest BCUT2D eigenvalue weighted by molar-refractivity contribution is 7.89. The zero-order valence-electron chi connectivity index (χ0n) is 31.5. The molecule has 2 unspecified atom stereocenters. The number of rotatable bonds is 12. The Balaban J connectivity index is 1.09. The van der Waals surface area contributed by atoms with E-state index in [2.05, 4.69) is 50.5 Å². The van der Waals surface area contributed by atoms with Gasteiger partial charge in [-0.25, -0.2) is 28.1 Å². The average molecular weight is 826 g/mol. The van der Waals surface area contributed by atoms with Gasteiger partial charge >= 0.3 is 12.1 Å². The number of urea groups is 2. The van der Waals surface area contributed by atoms with Crippen LogP contribution in [0.2, 0.25) is 0 Å². The minimum atomic E-state index is -3.97. The van der Waals surface area contributed by atoms with E-state index in [1.54, 1.807) is 10.6 Å². The highest BCUT2D eigenvalue weighted by atomic mass is 32.2. The van der Waals surface area contributed by atoms with Gasteiger partial charge in [-0.3, -0.25) is 9.69 Å². The summed E-state index contributed by atoms with van der Waals surface area (Å²) in [4.78, 5) is 55.9. The van der Waals surface area contributed by atoms with E-state index < -0.39 is 64.9 Å². The van der Waals surface area contributed by atoms with Gasteiger partial charge in [0.2, 0.25) is 16.0 Å². The predicted octanol–water partition coefficient (Wildman–Crippen LogP) is 1.07. The van der Waals surface area contributed by atoms with E-state index in [0.29, 0.717) is 49.0 Å². The molecular formula is C39H43N11O8S. The predicted molar refractivity (Wildman–Crippen MR) is 215 cm³/mol. The molecule has 308 valence electrons. The minimum absolute atomic E-state index is 0.0256. The summed E-state index contributed by atoms with van der Waals surface area (Å²) in [7, 11) is -3.97. The number of aliphatic hydroxyl groups is 3. The molecule has 4 heterocycles. The van der Waals surface area contributed by atoms with E-state index in [0.717, 1.165) is 16.0 Å². The lowest BCUT2D eigenvalue weighted by molar-refractivity contribution is -0.131. The number of benzene rings is 3. The zero-order valence-corrected chi connectivity index (χ0v) is 32.3. The number of fused-ring (bicyclic) bond motifs is 1. The molecule has 2 aromatic heterocycles. The fourth-order valence-corrected chi connectivity index (χ4v) is 8.64. The van der Waals surface area contributed by atoms with Crippen molar-refractivity contribution in [3.8, 4) is 0 Å². The van der Waals surface area contributed by atoms with Crippen LogP contribution in [-0.2, 0) is 14.8 Å². The summed E-state index contributed by atoms with van der Waals surface area (Å²) in [6, 6.07) is 20.9. The van der Waals surface area contributed by atoms with E-state index in [-0.39, 0.29) is 29.0 Å². The number of nitrogens with one attached hydrogen (secondary N) is 4. The molecule has 3 aliphatic rings. The number of anilines is 3. The maximum Gasteiger partial charge on any atom is 0.325 e. The molecule has 1 aliphatic carbocycles. The van der Waals surface area contributed by atoms with Crippen molar-refractivity contribution in [3.63, 3.8) is 0 Å². The number of hydrogen-bond donors (Lipinski definition) is 8. The van der Waals surface area contributed by atoms with Crippen LogP contribution in [0.15, 0.2) is 96.2 Å².